The average Bonchev–Trinajstić information content (AvgIpc) is 3.76. The molecule has 0 saturated heterocycles. The van der Waals surface area contributed by atoms with E-state index in [-0.39, 0.29) is 16.9 Å². The maximum absolute atomic E-state index is 9.76. The number of hydrogen-bond acceptors (Lipinski definition) is 2. The minimum atomic E-state index is -0.755. The summed E-state index contributed by atoms with van der Waals surface area (Å²) in [7, 11) is 0. The molecule has 0 amide bonds. The third-order valence-electron chi connectivity index (χ3n) is 10.5. The molecule has 0 aliphatic rings. The zero-order valence-corrected chi connectivity index (χ0v) is 30.7. The minimum absolute atomic E-state index is 0.000550. The fourth-order valence-corrected chi connectivity index (χ4v) is 7.76. The van der Waals surface area contributed by atoms with Gasteiger partial charge in [0.05, 0.1) is 23.5 Å². The third kappa shape index (κ3) is 5.91. The van der Waals surface area contributed by atoms with Crippen LogP contribution < -0.4 is 4.90 Å². The van der Waals surface area contributed by atoms with Crippen molar-refractivity contribution in [2.45, 2.75) is 0 Å². The Morgan fingerprint density at radius 3 is 1.67 bits per heavy atom. The van der Waals surface area contributed by atoms with Crippen LogP contribution in [0.5, 0.6) is 0 Å². The molecule has 0 aliphatic carbocycles. The van der Waals surface area contributed by atoms with Crippen molar-refractivity contribution in [1.82, 2.24) is 0 Å². The van der Waals surface area contributed by atoms with Gasteiger partial charge in [0, 0.05) is 27.7 Å². The lowest BCUT2D eigenvalue weighted by atomic mass is 9.95. The van der Waals surface area contributed by atoms with Crippen molar-refractivity contribution in [3.8, 4) is 44.5 Å². The normalized spacial score (nSPS) is 14.6. The molecule has 1 heterocycles. The monoisotopic (exact) mass is 752 g/mol. The van der Waals surface area contributed by atoms with Crippen molar-refractivity contribution in [2.75, 3.05) is 4.90 Å². The SMILES string of the molecule is [2H]c1c([2H])c([2H])c(-c2c([2H])c([2H])c(N(c3ccccc3-c3cccc4oc5cc6ccccc6cc5c34)c3c([2H])c([2H])c(-c4ccc(-c5cccc6ccccc56)cc4)c([2H])c3[2H])c([2H])c2[2H])c([2H])c1[2H]. The molecule has 1 aromatic heterocycles. The first-order valence-electron chi connectivity index (χ1n) is 25.3. The molecule has 11 rings (SSSR count). The molecule has 2 heteroatoms. The highest BCUT2D eigenvalue weighted by Crippen LogP contribution is 2.46. The Labute approximate surface area is 355 Å². The number of benzene rings is 10. The van der Waals surface area contributed by atoms with Crippen molar-refractivity contribution in [3.05, 3.63) is 224 Å². The topological polar surface area (TPSA) is 16.4 Å². The van der Waals surface area contributed by atoms with Crippen LogP contribution in [0.2, 0.25) is 0 Å². The van der Waals surface area contributed by atoms with Crippen LogP contribution in [0, 0.1) is 0 Å². The molecular weight excluding hydrogens is 703 g/mol. The minimum Gasteiger partial charge on any atom is -0.456 e. The lowest BCUT2D eigenvalue weighted by Crippen LogP contribution is -2.11. The summed E-state index contributed by atoms with van der Waals surface area (Å²) in [6.07, 6.45) is 0. The number of anilines is 3. The lowest BCUT2D eigenvalue weighted by Gasteiger charge is -2.28. The molecule has 0 radical (unpaired) electrons. The van der Waals surface area contributed by atoms with E-state index in [2.05, 4.69) is 0 Å². The standard InChI is InChI=1S/C56H37NO/c1-2-12-38(13-3-1)40-28-32-46(33-29-40)57(47-34-30-41(31-35-47)39-24-26-43(27-25-39)49-20-10-17-42-14-6-7-18-48(42)49)53-22-9-8-19-50(53)51-21-11-23-54-56(51)52-36-44-15-4-5-16-45(44)37-55(52)58-54/h1-37H/i1D,2D,3D,12D,13D,28D,29D,30D,31D,32D,33D,34D,35D. The quantitative estimate of drug-likeness (QED) is 0.161. The maximum atomic E-state index is 9.76. The number of fused-ring (bicyclic) bond motifs is 5. The van der Waals surface area contributed by atoms with Gasteiger partial charge in [0.1, 0.15) is 11.2 Å². The van der Waals surface area contributed by atoms with Crippen molar-refractivity contribution in [2.24, 2.45) is 0 Å². The smallest absolute Gasteiger partial charge is 0.136 e. The molecule has 0 aliphatic heterocycles. The van der Waals surface area contributed by atoms with Gasteiger partial charge in [-0.05, 0) is 109 Å². The van der Waals surface area contributed by atoms with Crippen LogP contribution in [0.1, 0.15) is 17.8 Å². The van der Waals surface area contributed by atoms with E-state index in [1.54, 1.807) is 42.5 Å². The number of nitrogens with zero attached hydrogens (tertiary/aromatic N) is 1. The number of rotatable bonds is 7. The van der Waals surface area contributed by atoms with E-state index in [4.69, 9.17) is 11.3 Å². The zero-order chi connectivity index (χ0) is 49.7. The zero-order valence-electron chi connectivity index (χ0n) is 43.7. The van der Waals surface area contributed by atoms with Gasteiger partial charge in [0.25, 0.3) is 0 Å². The average molecular weight is 753 g/mol. The highest BCUT2D eigenvalue weighted by atomic mass is 16.3. The molecule has 58 heavy (non-hydrogen) atoms. The summed E-state index contributed by atoms with van der Waals surface area (Å²) < 4.78 is 125. The molecule has 0 fully saturated rings. The van der Waals surface area contributed by atoms with E-state index in [0.29, 0.717) is 33.2 Å². The Balaban J connectivity index is 1.17. The van der Waals surface area contributed by atoms with E-state index >= 15 is 0 Å². The summed E-state index contributed by atoms with van der Waals surface area (Å²) in [6.45, 7) is 0. The second-order valence-corrected chi connectivity index (χ2v) is 13.9. The van der Waals surface area contributed by atoms with Crippen LogP contribution >= 0.6 is 0 Å². The highest BCUT2D eigenvalue weighted by molar-refractivity contribution is 6.16. The van der Waals surface area contributed by atoms with E-state index < -0.39 is 95.4 Å². The van der Waals surface area contributed by atoms with Crippen LogP contribution in [0.3, 0.4) is 0 Å². The number of furan rings is 1. The second kappa shape index (κ2) is 14.1. The summed E-state index contributed by atoms with van der Waals surface area (Å²) in [4.78, 5) is 1.21. The molecule has 0 unspecified atom stereocenters. The Morgan fingerprint density at radius 2 is 0.914 bits per heavy atom. The van der Waals surface area contributed by atoms with Crippen LogP contribution in [0.4, 0.5) is 17.1 Å². The van der Waals surface area contributed by atoms with Crippen LogP contribution in [0.25, 0.3) is 88.0 Å². The molecule has 11 aromatic rings. The van der Waals surface area contributed by atoms with Gasteiger partial charge >= 0.3 is 0 Å². The highest BCUT2D eigenvalue weighted by Gasteiger charge is 2.21. The van der Waals surface area contributed by atoms with Crippen molar-refractivity contribution in [1.29, 1.82) is 0 Å². The largest absolute Gasteiger partial charge is 0.456 e. The molecule has 272 valence electrons. The van der Waals surface area contributed by atoms with Crippen molar-refractivity contribution in [3.63, 3.8) is 0 Å². The molecule has 0 saturated carbocycles. The molecule has 2 nitrogen and oxygen atoms in total. The first-order valence-corrected chi connectivity index (χ1v) is 18.8. The number of hydrogen-bond donors (Lipinski definition) is 0. The van der Waals surface area contributed by atoms with Gasteiger partial charge in [-0.25, -0.2) is 0 Å². The Bertz CT molecular complexity index is 3960. The molecule has 0 bridgehead atoms. The Morgan fingerprint density at radius 1 is 0.362 bits per heavy atom. The molecule has 0 spiro atoms. The maximum Gasteiger partial charge on any atom is 0.136 e. The van der Waals surface area contributed by atoms with Crippen LogP contribution in [-0.2, 0) is 0 Å². The fraction of sp³-hybridized carbons (Fsp3) is 0. The lowest BCUT2D eigenvalue weighted by molar-refractivity contribution is 0.669. The summed E-state index contributed by atoms with van der Waals surface area (Å²) in [6, 6.07) is 36.9. The predicted molar refractivity (Wildman–Crippen MR) is 245 cm³/mol. The second-order valence-electron chi connectivity index (χ2n) is 13.9. The molecular formula is C56H37NO. The van der Waals surface area contributed by atoms with E-state index in [1.165, 1.54) is 4.90 Å². The van der Waals surface area contributed by atoms with Gasteiger partial charge in [0.15, 0.2) is 0 Å². The van der Waals surface area contributed by atoms with Crippen molar-refractivity contribution < 1.29 is 22.2 Å². The summed E-state index contributed by atoms with van der Waals surface area (Å²) >= 11 is 0. The summed E-state index contributed by atoms with van der Waals surface area (Å²) in [5.41, 5.74) is 2.73. The van der Waals surface area contributed by atoms with Gasteiger partial charge in [-0.15, -0.1) is 0 Å². The molecule has 0 atom stereocenters. The van der Waals surface area contributed by atoms with E-state index in [1.807, 2.05) is 103 Å². The van der Waals surface area contributed by atoms with E-state index in [9.17, 15) is 11.0 Å². The van der Waals surface area contributed by atoms with Crippen LogP contribution in [-0.4, -0.2) is 0 Å². The Hall–Kier alpha value is -7.68. The summed E-state index contributed by atoms with van der Waals surface area (Å²) in [5, 5.41) is 5.51. The number of para-hydroxylation sites is 1. The first-order chi connectivity index (χ1) is 34.2. The van der Waals surface area contributed by atoms with Gasteiger partial charge in [-0.1, -0.05) is 176 Å². The predicted octanol–water partition coefficient (Wildman–Crippen LogP) is 16.0. The Kier molecular flexibility index (Phi) is 5.54. The third-order valence-corrected chi connectivity index (χ3v) is 10.5. The van der Waals surface area contributed by atoms with Crippen molar-refractivity contribution >= 4 is 60.5 Å². The first kappa shape index (κ1) is 22.8. The van der Waals surface area contributed by atoms with Crippen LogP contribution in [0.15, 0.2) is 229 Å². The molecule has 0 N–H and O–H groups in total. The van der Waals surface area contributed by atoms with Gasteiger partial charge < -0.3 is 9.32 Å². The fourth-order valence-electron chi connectivity index (χ4n) is 7.76. The van der Waals surface area contributed by atoms with E-state index in [0.717, 1.165) is 38.1 Å². The summed E-state index contributed by atoms with van der Waals surface area (Å²) in [5.74, 6) is 0. The van der Waals surface area contributed by atoms with Gasteiger partial charge in [0.2, 0.25) is 0 Å². The van der Waals surface area contributed by atoms with Gasteiger partial charge in [-0.3, -0.25) is 0 Å². The molecule has 10 aromatic carbocycles. The van der Waals surface area contributed by atoms with Gasteiger partial charge in [-0.2, -0.15) is 0 Å².